The van der Waals surface area contributed by atoms with Crippen molar-refractivity contribution in [1.29, 1.82) is 5.26 Å². The fourth-order valence-corrected chi connectivity index (χ4v) is 4.32. The predicted octanol–water partition coefficient (Wildman–Crippen LogP) is 3.29. The third-order valence-electron chi connectivity index (χ3n) is 5.65. The van der Waals surface area contributed by atoms with Gasteiger partial charge >= 0.3 is 0 Å². The molecule has 0 aliphatic carbocycles. The van der Waals surface area contributed by atoms with Crippen LogP contribution >= 0.6 is 0 Å². The van der Waals surface area contributed by atoms with Gasteiger partial charge in [-0.1, -0.05) is 61.9 Å². The van der Waals surface area contributed by atoms with Crippen LogP contribution < -0.4 is 21.3 Å². The van der Waals surface area contributed by atoms with E-state index in [-0.39, 0.29) is 30.0 Å². The number of ether oxygens (including phenoxy) is 2. The topological polar surface area (TPSA) is 92.3 Å². The average Bonchev–Trinajstić information content (AvgIpc) is 3.14. The zero-order valence-electron chi connectivity index (χ0n) is 16.5. The van der Waals surface area contributed by atoms with Gasteiger partial charge in [-0.2, -0.15) is 5.26 Å². The Labute approximate surface area is 171 Å². The van der Waals surface area contributed by atoms with E-state index in [9.17, 15) is 5.26 Å². The van der Waals surface area contributed by atoms with Crippen LogP contribution in [0.2, 0.25) is 0 Å². The first-order valence-electron chi connectivity index (χ1n) is 10.1. The van der Waals surface area contributed by atoms with Crippen molar-refractivity contribution < 1.29 is 9.47 Å². The molecule has 0 spiro atoms. The van der Waals surface area contributed by atoms with E-state index >= 15 is 0 Å². The Morgan fingerprint density at radius 2 is 1.86 bits per heavy atom. The number of nitriles is 1. The number of nitrogens with zero attached hydrogens (tertiary/aromatic N) is 1. The summed E-state index contributed by atoms with van der Waals surface area (Å²) in [6.07, 6.45) is 1.72. The van der Waals surface area contributed by atoms with Crippen molar-refractivity contribution in [2.75, 3.05) is 0 Å². The van der Waals surface area contributed by atoms with Crippen LogP contribution in [0.3, 0.4) is 0 Å². The second kappa shape index (κ2) is 8.56. The van der Waals surface area contributed by atoms with Gasteiger partial charge in [-0.3, -0.25) is 5.43 Å². The van der Waals surface area contributed by atoms with Gasteiger partial charge in [-0.25, -0.2) is 5.43 Å². The minimum Gasteiger partial charge on any atom is -0.489 e. The quantitative estimate of drug-likeness (QED) is 0.701. The lowest BCUT2D eigenvalue weighted by molar-refractivity contribution is 0.0332. The molecule has 6 nitrogen and oxygen atoms in total. The van der Waals surface area contributed by atoms with E-state index in [0.29, 0.717) is 12.2 Å². The van der Waals surface area contributed by atoms with E-state index in [4.69, 9.17) is 15.2 Å². The normalized spacial score (nSPS) is 25.8. The molecule has 0 saturated carbocycles. The summed E-state index contributed by atoms with van der Waals surface area (Å²) in [6.45, 7) is 2.62. The molecule has 0 bridgehead atoms. The van der Waals surface area contributed by atoms with Crippen molar-refractivity contribution in [1.82, 2.24) is 10.9 Å². The number of hydrogen-bond donors (Lipinski definition) is 3. The summed E-state index contributed by atoms with van der Waals surface area (Å²) in [5.74, 6) is 0.788. The summed E-state index contributed by atoms with van der Waals surface area (Å²) in [5, 5.41) is 9.88. The van der Waals surface area contributed by atoms with Crippen LogP contribution in [0.25, 0.3) is 0 Å². The van der Waals surface area contributed by atoms with Gasteiger partial charge in [0.2, 0.25) is 5.88 Å². The number of nitrogens with two attached hydrogens (primary N) is 1. The molecule has 4 atom stereocenters. The van der Waals surface area contributed by atoms with Crippen LogP contribution in [0.5, 0.6) is 5.75 Å². The van der Waals surface area contributed by atoms with Gasteiger partial charge in [0, 0.05) is 23.4 Å². The molecule has 0 radical (unpaired) electrons. The first-order valence-corrected chi connectivity index (χ1v) is 10.1. The molecule has 0 aromatic heterocycles. The summed E-state index contributed by atoms with van der Waals surface area (Å²) in [5.41, 5.74) is 15.2. The van der Waals surface area contributed by atoms with Crippen LogP contribution in [0.1, 0.15) is 36.8 Å². The van der Waals surface area contributed by atoms with E-state index in [1.807, 2.05) is 54.6 Å². The number of allylic oxidation sites excluding steroid dienone is 1. The summed E-state index contributed by atoms with van der Waals surface area (Å²) in [7, 11) is 0. The highest BCUT2D eigenvalue weighted by atomic mass is 16.5. The van der Waals surface area contributed by atoms with Crippen molar-refractivity contribution in [2.45, 2.75) is 44.6 Å². The summed E-state index contributed by atoms with van der Waals surface area (Å²) in [4.78, 5) is 0. The smallest absolute Gasteiger partial charge is 0.200 e. The molecule has 2 aliphatic heterocycles. The van der Waals surface area contributed by atoms with E-state index in [1.54, 1.807) is 0 Å². The Bertz CT molecular complexity index is 922. The largest absolute Gasteiger partial charge is 0.489 e. The van der Waals surface area contributed by atoms with E-state index in [0.717, 1.165) is 29.7 Å². The number of hydrogen-bond acceptors (Lipinski definition) is 6. The third-order valence-corrected chi connectivity index (χ3v) is 5.65. The van der Waals surface area contributed by atoms with E-state index in [2.05, 4.69) is 23.8 Å². The Balaban J connectivity index is 1.71. The maximum atomic E-state index is 9.88. The third kappa shape index (κ3) is 3.80. The van der Waals surface area contributed by atoms with Gasteiger partial charge in [0.25, 0.3) is 0 Å². The molecule has 2 aliphatic rings. The lowest BCUT2D eigenvalue weighted by atomic mass is 9.74. The minimum atomic E-state index is -0.282. The number of fused-ring (bicyclic) bond motifs is 1. The van der Waals surface area contributed by atoms with Crippen molar-refractivity contribution in [3.05, 3.63) is 77.2 Å². The maximum Gasteiger partial charge on any atom is 0.200 e. The molecule has 2 heterocycles. The highest BCUT2D eigenvalue weighted by molar-refractivity contribution is 5.47. The van der Waals surface area contributed by atoms with E-state index < -0.39 is 0 Å². The van der Waals surface area contributed by atoms with Crippen LogP contribution in [0.15, 0.2) is 66.1 Å². The van der Waals surface area contributed by atoms with Crippen LogP contribution in [0.4, 0.5) is 0 Å². The van der Waals surface area contributed by atoms with Crippen LogP contribution in [-0.4, -0.2) is 12.3 Å². The molecule has 4 N–H and O–H groups in total. The van der Waals surface area contributed by atoms with Crippen molar-refractivity contribution >= 4 is 0 Å². The zero-order valence-corrected chi connectivity index (χ0v) is 16.5. The molecule has 0 amide bonds. The fraction of sp³-hybridized carbons (Fsp3) is 0.348. The summed E-state index contributed by atoms with van der Waals surface area (Å²) in [6, 6.07) is 20.4. The lowest BCUT2D eigenvalue weighted by Gasteiger charge is -2.36. The Hall–Kier alpha value is -3.01. The molecule has 1 fully saturated rings. The van der Waals surface area contributed by atoms with Crippen molar-refractivity contribution in [3.63, 3.8) is 0 Å². The molecule has 6 heteroatoms. The average molecular weight is 390 g/mol. The standard InChI is InChI=1S/C23H26N4O2/c1-2-8-18-21-20(17(13-24)22(25)29-23(21)27-26-18)16-11-6-7-12-19(16)28-14-15-9-4-3-5-10-15/h3-7,9-12,18,20-21,23,26-27H,2,8,14,25H2,1H3. The lowest BCUT2D eigenvalue weighted by Crippen LogP contribution is -2.41. The molecule has 2 aromatic rings. The fourth-order valence-electron chi connectivity index (χ4n) is 4.32. The van der Waals surface area contributed by atoms with Crippen LogP contribution in [-0.2, 0) is 11.3 Å². The maximum absolute atomic E-state index is 9.88. The van der Waals surface area contributed by atoms with Gasteiger partial charge in [0.15, 0.2) is 6.23 Å². The first kappa shape index (κ1) is 19.3. The van der Waals surface area contributed by atoms with Crippen molar-refractivity contribution in [2.24, 2.45) is 11.7 Å². The zero-order chi connectivity index (χ0) is 20.2. The Morgan fingerprint density at radius 1 is 1.10 bits per heavy atom. The predicted molar refractivity (Wildman–Crippen MR) is 110 cm³/mol. The first-order chi connectivity index (χ1) is 14.2. The van der Waals surface area contributed by atoms with Gasteiger partial charge in [-0.05, 0) is 18.1 Å². The van der Waals surface area contributed by atoms with Gasteiger partial charge in [-0.15, -0.1) is 0 Å². The molecular weight excluding hydrogens is 364 g/mol. The number of nitrogens with one attached hydrogen (secondary N) is 2. The van der Waals surface area contributed by atoms with Gasteiger partial charge in [0.05, 0.1) is 5.57 Å². The summed E-state index contributed by atoms with van der Waals surface area (Å²) >= 11 is 0. The molecule has 2 aromatic carbocycles. The molecule has 4 unspecified atom stereocenters. The second-order valence-electron chi connectivity index (χ2n) is 7.48. The van der Waals surface area contributed by atoms with Crippen LogP contribution in [0, 0.1) is 17.2 Å². The van der Waals surface area contributed by atoms with Crippen molar-refractivity contribution in [3.8, 4) is 11.8 Å². The SMILES string of the molecule is CCCC1NNC2OC(N)=C(C#N)C(c3ccccc3OCc3ccccc3)C12. The van der Waals surface area contributed by atoms with E-state index in [1.165, 1.54) is 0 Å². The second-order valence-corrected chi connectivity index (χ2v) is 7.48. The number of para-hydroxylation sites is 1. The Kier molecular flexibility index (Phi) is 5.70. The molecule has 150 valence electrons. The van der Waals surface area contributed by atoms with Gasteiger partial charge < -0.3 is 15.2 Å². The minimum absolute atomic E-state index is 0.0402. The summed E-state index contributed by atoms with van der Waals surface area (Å²) < 4.78 is 12.0. The molecule has 29 heavy (non-hydrogen) atoms. The molecule has 4 rings (SSSR count). The number of benzene rings is 2. The Morgan fingerprint density at radius 3 is 2.62 bits per heavy atom. The monoisotopic (exact) mass is 390 g/mol. The molecular formula is C23H26N4O2. The number of rotatable bonds is 6. The molecule has 1 saturated heterocycles. The highest BCUT2D eigenvalue weighted by Gasteiger charge is 2.48. The number of hydrazine groups is 1. The highest BCUT2D eigenvalue weighted by Crippen LogP contribution is 2.46. The van der Waals surface area contributed by atoms with Gasteiger partial charge in [0.1, 0.15) is 18.4 Å².